The molecule has 5 heteroatoms. The second-order valence-electron chi connectivity index (χ2n) is 5.83. The molecule has 3 rings (SSSR count). The van der Waals surface area contributed by atoms with Crippen LogP contribution in [0.1, 0.15) is 24.0 Å². The Morgan fingerprint density at radius 2 is 1.79 bits per heavy atom. The maximum absolute atomic E-state index is 12.6. The number of ether oxygens (including phenoxy) is 1. The second kappa shape index (κ2) is 7.17. The van der Waals surface area contributed by atoms with E-state index < -0.39 is 12.1 Å². The van der Waals surface area contributed by atoms with E-state index in [4.69, 9.17) is 9.84 Å². The van der Waals surface area contributed by atoms with Crippen LogP contribution >= 0.6 is 0 Å². The Hall–Kier alpha value is -2.82. The normalized spacial score (nSPS) is 16.3. The fourth-order valence-electron chi connectivity index (χ4n) is 3.04. The van der Waals surface area contributed by atoms with Gasteiger partial charge in [0.2, 0.25) is 0 Å². The molecule has 0 aliphatic carbocycles. The highest BCUT2D eigenvalue weighted by atomic mass is 16.6. The van der Waals surface area contributed by atoms with Gasteiger partial charge in [-0.05, 0) is 30.0 Å². The Labute approximate surface area is 140 Å². The second-order valence-corrected chi connectivity index (χ2v) is 5.83. The lowest BCUT2D eigenvalue weighted by Gasteiger charge is -2.35. The molecular formula is C19H19NO4. The molecule has 0 radical (unpaired) electrons. The van der Waals surface area contributed by atoms with E-state index in [0.717, 1.165) is 23.2 Å². The van der Waals surface area contributed by atoms with E-state index in [0.29, 0.717) is 6.42 Å². The summed E-state index contributed by atoms with van der Waals surface area (Å²) in [4.78, 5) is 25.3. The summed E-state index contributed by atoms with van der Waals surface area (Å²) >= 11 is 0. The van der Waals surface area contributed by atoms with Crippen molar-refractivity contribution < 1.29 is 19.4 Å². The van der Waals surface area contributed by atoms with Gasteiger partial charge in [-0.15, -0.1) is 0 Å². The summed E-state index contributed by atoms with van der Waals surface area (Å²) in [6, 6.07) is 16.6. The van der Waals surface area contributed by atoms with Gasteiger partial charge in [0.05, 0.1) is 18.2 Å². The van der Waals surface area contributed by atoms with Gasteiger partial charge in [0.25, 0.3) is 0 Å². The Morgan fingerprint density at radius 3 is 2.54 bits per heavy atom. The van der Waals surface area contributed by atoms with Crippen molar-refractivity contribution in [2.24, 2.45) is 0 Å². The van der Waals surface area contributed by atoms with E-state index in [1.807, 2.05) is 54.6 Å². The van der Waals surface area contributed by atoms with Crippen molar-refractivity contribution in [3.8, 4) is 0 Å². The lowest BCUT2D eigenvalue weighted by Crippen LogP contribution is -2.45. The van der Waals surface area contributed by atoms with E-state index >= 15 is 0 Å². The molecule has 1 heterocycles. The van der Waals surface area contributed by atoms with E-state index in [-0.39, 0.29) is 19.1 Å². The quantitative estimate of drug-likeness (QED) is 0.932. The molecule has 0 spiro atoms. The molecule has 1 aliphatic heterocycles. The molecule has 0 aromatic heterocycles. The minimum Gasteiger partial charge on any atom is -0.481 e. The fraction of sp³-hybridized carbons (Fsp3) is 0.263. The van der Waals surface area contributed by atoms with Crippen LogP contribution < -0.4 is 4.90 Å². The number of fused-ring (bicyclic) bond motifs is 1. The number of nitrogens with zero attached hydrogens (tertiary/aromatic N) is 1. The number of aliphatic carboxylic acids is 1. The maximum Gasteiger partial charge on any atom is 0.414 e. The summed E-state index contributed by atoms with van der Waals surface area (Å²) < 4.78 is 5.43. The smallest absolute Gasteiger partial charge is 0.414 e. The van der Waals surface area contributed by atoms with Crippen molar-refractivity contribution in [1.82, 2.24) is 0 Å². The third kappa shape index (κ3) is 3.56. The van der Waals surface area contributed by atoms with Crippen molar-refractivity contribution in [3.05, 3.63) is 65.7 Å². The van der Waals surface area contributed by atoms with E-state index in [2.05, 4.69) is 0 Å². The first-order chi connectivity index (χ1) is 11.6. The number of amides is 1. The highest BCUT2D eigenvalue weighted by Crippen LogP contribution is 2.32. The van der Waals surface area contributed by atoms with Gasteiger partial charge in [-0.2, -0.15) is 0 Å². The lowest BCUT2D eigenvalue weighted by atomic mass is 9.94. The van der Waals surface area contributed by atoms with Gasteiger partial charge in [0.15, 0.2) is 0 Å². The number of rotatable bonds is 4. The van der Waals surface area contributed by atoms with Gasteiger partial charge in [-0.3, -0.25) is 9.69 Å². The molecule has 2 aromatic carbocycles. The van der Waals surface area contributed by atoms with E-state index in [1.165, 1.54) is 4.90 Å². The molecule has 5 nitrogen and oxygen atoms in total. The zero-order valence-corrected chi connectivity index (χ0v) is 13.2. The Kier molecular flexibility index (Phi) is 4.79. The largest absolute Gasteiger partial charge is 0.481 e. The number of hydrogen-bond donors (Lipinski definition) is 1. The summed E-state index contributed by atoms with van der Waals surface area (Å²) in [7, 11) is 0. The summed E-state index contributed by atoms with van der Waals surface area (Å²) in [6.45, 7) is 0.165. The molecule has 0 bridgehead atoms. The standard InChI is InChI=1S/C19H19NO4/c21-18(22)12-16-11-10-15-8-4-5-9-17(15)20(16)19(23)24-13-14-6-2-1-3-7-14/h1-9,16H,10-13H2,(H,21,22). The predicted molar refractivity (Wildman–Crippen MR) is 89.9 cm³/mol. The van der Waals surface area contributed by atoms with E-state index in [1.54, 1.807) is 0 Å². The average molecular weight is 325 g/mol. The summed E-state index contributed by atoms with van der Waals surface area (Å²) in [5.41, 5.74) is 2.68. The molecule has 1 amide bonds. The van der Waals surface area contributed by atoms with Crippen LogP contribution in [0.25, 0.3) is 0 Å². The van der Waals surface area contributed by atoms with Crippen molar-refractivity contribution in [3.63, 3.8) is 0 Å². The first-order valence-electron chi connectivity index (χ1n) is 7.95. The lowest BCUT2D eigenvalue weighted by molar-refractivity contribution is -0.137. The minimum absolute atomic E-state index is 0.0885. The SMILES string of the molecule is O=C(O)CC1CCc2ccccc2N1C(=O)OCc1ccccc1. The van der Waals surface area contributed by atoms with Gasteiger partial charge in [-0.25, -0.2) is 4.79 Å². The molecule has 1 aliphatic rings. The number of hydrogen-bond acceptors (Lipinski definition) is 3. The molecule has 124 valence electrons. The number of para-hydroxylation sites is 1. The number of aryl methyl sites for hydroxylation is 1. The first kappa shape index (κ1) is 16.1. The van der Waals surface area contributed by atoms with Crippen molar-refractivity contribution in [2.75, 3.05) is 4.90 Å². The van der Waals surface area contributed by atoms with Crippen molar-refractivity contribution in [2.45, 2.75) is 31.9 Å². The number of benzene rings is 2. The summed E-state index contributed by atoms with van der Waals surface area (Å²) in [5, 5.41) is 9.14. The average Bonchev–Trinajstić information content (AvgIpc) is 2.60. The number of carbonyl (C=O) groups is 2. The van der Waals surface area contributed by atoms with Crippen LogP contribution in [0.2, 0.25) is 0 Å². The molecule has 24 heavy (non-hydrogen) atoms. The van der Waals surface area contributed by atoms with Crippen LogP contribution in [0.5, 0.6) is 0 Å². The molecule has 1 unspecified atom stereocenters. The zero-order valence-electron chi connectivity index (χ0n) is 13.2. The maximum atomic E-state index is 12.6. The van der Waals surface area contributed by atoms with Crippen LogP contribution in [0, 0.1) is 0 Å². The van der Waals surface area contributed by atoms with Crippen LogP contribution in [-0.2, 0) is 22.6 Å². The summed E-state index contributed by atoms with van der Waals surface area (Å²) in [6.07, 6.45) is 0.784. The Balaban J connectivity index is 1.80. The molecule has 1 atom stereocenters. The van der Waals surface area contributed by atoms with Gasteiger partial charge >= 0.3 is 12.1 Å². The predicted octanol–water partition coefficient (Wildman–Crippen LogP) is 3.62. The van der Waals surface area contributed by atoms with Crippen molar-refractivity contribution in [1.29, 1.82) is 0 Å². The molecule has 1 N–H and O–H groups in total. The van der Waals surface area contributed by atoms with Crippen molar-refractivity contribution >= 4 is 17.7 Å². The van der Waals surface area contributed by atoms with Gasteiger partial charge in [0, 0.05) is 0 Å². The van der Waals surface area contributed by atoms with Gasteiger partial charge in [0.1, 0.15) is 6.61 Å². The molecule has 0 saturated carbocycles. The first-order valence-corrected chi connectivity index (χ1v) is 7.95. The van der Waals surface area contributed by atoms with Crippen LogP contribution in [-0.4, -0.2) is 23.2 Å². The molecular weight excluding hydrogens is 306 g/mol. The zero-order chi connectivity index (χ0) is 16.9. The molecule has 2 aromatic rings. The Bertz CT molecular complexity index is 729. The molecule has 0 fully saturated rings. The number of anilines is 1. The third-order valence-electron chi connectivity index (χ3n) is 4.18. The van der Waals surface area contributed by atoms with Gasteiger partial charge in [-0.1, -0.05) is 48.5 Å². The monoisotopic (exact) mass is 325 g/mol. The number of carbonyl (C=O) groups excluding carboxylic acids is 1. The van der Waals surface area contributed by atoms with Gasteiger partial charge < -0.3 is 9.84 Å². The van der Waals surface area contributed by atoms with E-state index in [9.17, 15) is 9.59 Å². The summed E-state index contributed by atoms with van der Waals surface area (Å²) in [5.74, 6) is -0.916. The fourth-order valence-corrected chi connectivity index (χ4v) is 3.04. The minimum atomic E-state index is -0.916. The van der Waals surface area contributed by atoms with Crippen LogP contribution in [0.15, 0.2) is 54.6 Å². The number of carboxylic acid groups (broad SMARTS) is 1. The number of carboxylic acids is 1. The molecule has 0 saturated heterocycles. The highest BCUT2D eigenvalue weighted by Gasteiger charge is 2.33. The highest BCUT2D eigenvalue weighted by molar-refractivity contribution is 5.91. The Morgan fingerprint density at radius 1 is 1.08 bits per heavy atom. The van der Waals surface area contributed by atoms with Crippen LogP contribution in [0.3, 0.4) is 0 Å². The topological polar surface area (TPSA) is 66.8 Å². The third-order valence-corrected chi connectivity index (χ3v) is 4.18. The van der Waals surface area contributed by atoms with Crippen LogP contribution in [0.4, 0.5) is 10.5 Å².